The molecule has 128 valence electrons. The summed E-state index contributed by atoms with van der Waals surface area (Å²) < 4.78 is 41.2. The van der Waals surface area contributed by atoms with Crippen molar-refractivity contribution in [2.75, 3.05) is 17.4 Å². The number of nitrogens with one attached hydrogen (secondary N) is 2. The van der Waals surface area contributed by atoms with E-state index >= 15 is 0 Å². The minimum absolute atomic E-state index is 0.204. The van der Waals surface area contributed by atoms with E-state index in [4.69, 9.17) is 0 Å². The Morgan fingerprint density at radius 2 is 2.04 bits per heavy atom. The largest absolute Gasteiger partial charge is 0.506 e. The van der Waals surface area contributed by atoms with Crippen LogP contribution in [0, 0.1) is 11.7 Å². The molecule has 9 heteroatoms. The smallest absolute Gasteiger partial charge is 0.326 e. The first-order valence-corrected chi connectivity index (χ1v) is 9.10. The molecule has 0 aromatic heterocycles. The van der Waals surface area contributed by atoms with Crippen molar-refractivity contribution in [1.82, 2.24) is 10.0 Å². The number of amides is 1. The highest BCUT2D eigenvalue weighted by atomic mass is 32.2. The van der Waals surface area contributed by atoms with Gasteiger partial charge in [-0.05, 0) is 36.5 Å². The van der Waals surface area contributed by atoms with Crippen molar-refractivity contribution in [3.8, 4) is 5.75 Å². The fraction of sp³-hybridized carbons (Fsp3) is 0.400. The summed E-state index contributed by atoms with van der Waals surface area (Å²) in [5, 5.41) is 13.3. The van der Waals surface area contributed by atoms with Crippen molar-refractivity contribution in [2.45, 2.75) is 18.9 Å². The van der Waals surface area contributed by atoms with Gasteiger partial charge in [0.05, 0.1) is 0 Å². The molecule has 0 bridgehead atoms. The number of phenolic OH excluding ortho intramolecular Hbond substituents is 1. The van der Waals surface area contributed by atoms with E-state index < -0.39 is 39.9 Å². The number of hydrogen-bond donors (Lipinski definition) is 3. The molecule has 7 nitrogen and oxygen atoms in total. The van der Waals surface area contributed by atoms with Gasteiger partial charge in [0.25, 0.3) is 5.91 Å². The summed E-state index contributed by atoms with van der Waals surface area (Å²) in [6, 6.07) is 2.88. The maximum absolute atomic E-state index is 15.0. The number of rotatable bonds is 3. The lowest BCUT2D eigenvalue weighted by Crippen LogP contribution is -2.30. The van der Waals surface area contributed by atoms with Crippen LogP contribution in [0.3, 0.4) is 0 Å². The number of nitrogens with zero attached hydrogens (tertiary/aromatic N) is 1. The number of halogens is 1. The maximum atomic E-state index is 15.0. The van der Waals surface area contributed by atoms with E-state index in [1.165, 1.54) is 12.1 Å². The van der Waals surface area contributed by atoms with Gasteiger partial charge in [0.2, 0.25) is 0 Å². The number of aromatic hydroxyl groups is 1. The van der Waals surface area contributed by atoms with Crippen LogP contribution in [0.1, 0.15) is 18.4 Å². The minimum Gasteiger partial charge on any atom is -0.506 e. The average Bonchev–Trinajstić information content (AvgIpc) is 3.17. The Bertz CT molecular complexity index is 864. The van der Waals surface area contributed by atoms with Gasteiger partial charge in [-0.15, -0.1) is 0 Å². The van der Waals surface area contributed by atoms with Crippen molar-refractivity contribution in [3.05, 3.63) is 29.6 Å². The minimum atomic E-state index is -4.19. The van der Waals surface area contributed by atoms with Crippen LogP contribution in [-0.4, -0.2) is 38.6 Å². The summed E-state index contributed by atoms with van der Waals surface area (Å²) >= 11 is 0. The standard InChI is InChI=1S/C15H16FN3O4S/c16-14-10(9-5-11(17-6-9)8-1-2-8)3-4-12(20)15(14)19-7-13(21)18-24(19,22)23/h3-5,8,11,17,20H,1-2,6-7H2,(H,18,21)/t11-/m0/s1. The molecule has 2 aliphatic heterocycles. The van der Waals surface area contributed by atoms with Gasteiger partial charge in [0, 0.05) is 18.2 Å². The zero-order chi connectivity index (χ0) is 17.1. The van der Waals surface area contributed by atoms with Crippen LogP contribution >= 0.6 is 0 Å². The third-order valence-corrected chi connectivity index (χ3v) is 5.93. The van der Waals surface area contributed by atoms with Crippen LogP contribution in [0.5, 0.6) is 5.75 Å². The molecule has 0 unspecified atom stereocenters. The van der Waals surface area contributed by atoms with Crippen molar-refractivity contribution < 1.29 is 22.7 Å². The highest BCUT2D eigenvalue weighted by molar-refractivity contribution is 7.92. The zero-order valence-corrected chi connectivity index (χ0v) is 13.4. The van der Waals surface area contributed by atoms with E-state index in [9.17, 15) is 22.7 Å². The van der Waals surface area contributed by atoms with Crippen LogP contribution < -0.4 is 14.3 Å². The molecule has 1 saturated heterocycles. The second kappa shape index (κ2) is 5.18. The van der Waals surface area contributed by atoms with Gasteiger partial charge in [0.15, 0.2) is 5.82 Å². The lowest BCUT2D eigenvalue weighted by molar-refractivity contribution is -0.117. The highest BCUT2D eigenvalue weighted by Gasteiger charge is 2.39. The van der Waals surface area contributed by atoms with Crippen LogP contribution in [0.25, 0.3) is 5.57 Å². The Labute approximate surface area is 138 Å². The van der Waals surface area contributed by atoms with Gasteiger partial charge in [-0.3, -0.25) is 4.79 Å². The van der Waals surface area contributed by atoms with Gasteiger partial charge in [0.1, 0.15) is 18.0 Å². The Hall–Kier alpha value is -2.13. The summed E-state index contributed by atoms with van der Waals surface area (Å²) in [6.07, 6.45) is 4.24. The topological polar surface area (TPSA) is 98.7 Å². The van der Waals surface area contributed by atoms with Gasteiger partial charge >= 0.3 is 10.2 Å². The average molecular weight is 353 g/mol. The fourth-order valence-corrected chi connectivity index (χ4v) is 4.35. The third kappa shape index (κ3) is 2.44. The Kier molecular flexibility index (Phi) is 3.33. The van der Waals surface area contributed by atoms with E-state index in [2.05, 4.69) is 5.32 Å². The third-order valence-electron chi connectivity index (χ3n) is 4.55. The molecule has 1 saturated carbocycles. The molecule has 0 radical (unpaired) electrons. The second-order valence-corrected chi connectivity index (χ2v) is 7.86. The molecule has 24 heavy (non-hydrogen) atoms. The molecule has 2 fully saturated rings. The van der Waals surface area contributed by atoms with Crippen molar-refractivity contribution >= 4 is 27.4 Å². The van der Waals surface area contributed by atoms with E-state index in [-0.39, 0.29) is 11.6 Å². The SMILES string of the molecule is O=C1CN(c2c(O)ccc(C3=C[C@@H](C4CC4)NC3)c2F)S(=O)(=O)N1. The lowest BCUT2D eigenvalue weighted by Gasteiger charge is -2.18. The molecule has 4 rings (SSSR count). The number of carbonyl (C=O) groups excluding carboxylic acids is 1. The van der Waals surface area contributed by atoms with E-state index in [0.29, 0.717) is 16.8 Å². The van der Waals surface area contributed by atoms with Crippen LogP contribution in [0.2, 0.25) is 0 Å². The van der Waals surface area contributed by atoms with E-state index in [1.807, 2.05) is 6.08 Å². The molecule has 1 atom stereocenters. The Morgan fingerprint density at radius 3 is 2.67 bits per heavy atom. The van der Waals surface area contributed by atoms with Gasteiger partial charge in [-0.25, -0.2) is 13.4 Å². The lowest BCUT2D eigenvalue weighted by atomic mass is 10.0. The van der Waals surface area contributed by atoms with Gasteiger partial charge in [-0.2, -0.15) is 8.42 Å². The predicted molar refractivity (Wildman–Crippen MR) is 85.0 cm³/mol. The zero-order valence-electron chi connectivity index (χ0n) is 12.6. The fourth-order valence-electron chi connectivity index (χ4n) is 3.19. The number of hydrogen-bond acceptors (Lipinski definition) is 5. The summed E-state index contributed by atoms with van der Waals surface area (Å²) in [5.41, 5.74) is 0.455. The molecule has 1 aromatic carbocycles. The highest BCUT2D eigenvalue weighted by Crippen LogP contribution is 2.40. The number of benzene rings is 1. The number of phenols is 1. The van der Waals surface area contributed by atoms with Crippen LogP contribution in [0.15, 0.2) is 18.2 Å². The first-order valence-electron chi connectivity index (χ1n) is 7.66. The first-order chi connectivity index (χ1) is 11.4. The summed E-state index contributed by atoms with van der Waals surface area (Å²) in [7, 11) is -4.19. The normalized spacial score (nSPS) is 25.7. The quantitative estimate of drug-likeness (QED) is 0.734. The molecular weight excluding hydrogens is 337 g/mol. The monoisotopic (exact) mass is 353 g/mol. The van der Waals surface area contributed by atoms with Crippen molar-refractivity contribution in [3.63, 3.8) is 0 Å². The molecule has 2 heterocycles. The number of carbonyl (C=O) groups is 1. The Balaban J connectivity index is 1.76. The second-order valence-electron chi connectivity index (χ2n) is 6.27. The predicted octanol–water partition coefficient (Wildman–Crippen LogP) is 0.477. The van der Waals surface area contributed by atoms with Crippen LogP contribution in [0.4, 0.5) is 10.1 Å². The molecule has 0 spiro atoms. The number of anilines is 1. The van der Waals surface area contributed by atoms with Gasteiger partial charge in [-0.1, -0.05) is 6.08 Å². The Morgan fingerprint density at radius 1 is 1.29 bits per heavy atom. The van der Waals surface area contributed by atoms with Gasteiger partial charge < -0.3 is 10.4 Å². The molecule has 3 aliphatic rings. The van der Waals surface area contributed by atoms with E-state index in [1.54, 1.807) is 4.72 Å². The van der Waals surface area contributed by atoms with Crippen molar-refractivity contribution in [2.24, 2.45) is 5.92 Å². The maximum Gasteiger partial charge on any atom is 0.326 e. The molecule has 1 aromatic rings. The summed E-state index contributed by atoms with van der Waals surface area (Å²) in [4.78, 5) is 11.4. The molecule has 1 aliphatic carbocycles. The summed E-state index contributed by atoms with van der Waals surface area (Å²) in [6.45, 7) is -0.0789. The molecule has 3 N–H and O–H groups in total. The van der Waals surface area contributed by atoms with Crippen molar-refractivity contribution in [1.29, 1.82) is 0 Å². The van der Waals surface area contributed by atoms with E-state index in [0.717, 1.165) is 18.4 Å². The molecular formula is C15H16FN3O4S. The van der Waals surface area contributed by atoms with Crippen LogP contribution in [-0.2, 0) is 15.0 Å². The summed E-state index contributed by atoms with van der Waals surface area (Å²) in [5.74, 6) is -1.57. The first kappa shape index (κ1) is 15.4. The molecule has 1 amide bonds.